The van der Waals surface area contributed by atoms with Crippen molar-refractivity contribution in [2.24, 2.45) is 11.7 Å². The van der Waals surface area contributed by atoms with E-state index in [1.807, 2.05) is 30.3 Å². The fourth-order valence-corrected chi connectivity index (χ4v) is 2.59. The first kappa shape index (κ1) is 16.3. The Morgan fingerprint density at radius 1 is 1.32 bits per heavy atom. The summed E-state index contributed by atoms with van der Waals surface area (Å²) in [5.74, 6) is 0.227. The molecular formula is C16H23N3O3. The maximum Gasteiger partial charge on any atom is 0.407 e. The minimum Gasteiger partial charge on any atom is -0.445 e. The number of nitrogens with zero attached hydrogens (tertiary/aromatic N) is 1. The molecular weight excluding hydrogens is 282 g/mol. The van der Waals surface area contributed by atoms with E-state index in [0.29, 0.717) is 13.1 Å². The topological polar surface area (TPSA) is 84.7 Å². The number of carbonyl (C=O) groups is 2. The summed E-state index contributed by atoms with van der Waals surface area (Å²) in [7, 11) is 0. The quantitative estimate of drug-likeness (QED) is 0.853. The van der Waals surface area contributed by atoms with Gasteiger partial charge in [-0.15, -0.1) is 0 Å². The van der Waals surface area contributed by atoms with Gasteiger partial charge in [0.1, 0.15) is 6.61 Å². The number of amides is 2. The van der Waals surface area contributed by atoms with Gasteiger partial charge >= 0.3 is 6.09 Å². The third kappa shape index (κ3) is 5.04. The van der Waals surface area contributed by atoms with Crippen LogP contribution in [0.5, 0.6) is 0 Å². The third-order valence-corrected chi connectivity index (χ3v) is 3.79. The number of hydrogen-bond acceptors (Lipinski definition) is 4. The van der Waals surface area contributed by atoms with Crippen molar-refractivity contribution in [2.75, 3.05) is 26.2 Å². The van der Waals surface area contributed by atoms with Crippen LogP contribution in [-0.2, 0) is 16.1 Å². The van der Waals surface area contributed by atoms with E-state index in [0.717, 1.165) is 24.9 Å². The number of nitrogens with two attached hydrogens (primary N) is 1. The maximum absolute atomic E-state index is 11.7. The van der Waals surface area contributed by atoms with Crippen LogP contribution < -0.4 is 11.1 Å². The number of ether oxygens (including phenoxy) is 1. The molecule has 0 aliphatic carbocycles. The Balaban J connectivity index is 1.68. The summed E-state index contributed by atoms with van der Waals surface area (Å²) < 4.78 is 5.16. The second kappa shape index (κ2) is 8.38. The van der Waals surface area contributed by atoms with E-state index in [1.54, 1.807) is 4.90 Å². The van der Waals surface area contributed by atoms with Crippen LogP contribution in [0.25, 0.3) is 0 Å². The van der Waals surface area contributed by atoms with Gasteiger partial charge in [0.2, 0.25) is 5.91 Å². The Morgan fingerprint density at radius 3 is 2.82 bits per heavy atom. The van der Waals surface area contributed by atoms with Crippen molar-refractivity contribution in [1.82, 2.24) is 10.2 Å². The zero-order valence-electron chi connectivity index (χ0n) is 12.7. The molecule has 6 heteroatoms. The molecule has 1 aliphatic rings. The lowest BCUT2D eigenvalue weighted by Crippen LogP contribution is -2.45. The molecule has 6 nitrogen and oxygen atoms in total. The highest BCUT2D eigenvalue weighted by atomic mass is 16.5. The third-order valence-electron chi connectivity index (χ3n) is 3.79. The van der Waals surface area contributed by atoms with Crippen LogP contribution in [0.1, 0.15) is 18.4 Å². The lowest BCUT2D eigenvalue weighted by Gasteiger charge is -2.32. The molecule has 2 rings (SSSR count). The molecule has 0 radical (unpaired) electrons. The first-order chi connectivity index (χ1) is 10.7. The van der Waals surface area contributed by atoms with Gasteiger partial charge in [-0.1, -0.05) is 30.3 Å². The molecule has 1 aromatic carbocycles. The van der Waals surface area contributed by atoms with Crippen LogP contribution in [0.2, 0.25) is 0 Å². The first-order valence-electron chi connectivity index (χ1n) is 7.61. The summed E-state index contributed by atoms with van der Waals surface area (Å²) in [6, 6.07) is 9.54. The summed E-state index contributed by atoms with van der Waals surface area (Å²) in [6.07, 6.45) is 1.51. The number of hydrogen-bond donors (Lipinski definition) is 2. The van der Waals surface area contributed by atoms with Gasteiger partial charge in [-0.2, -0.15) is 0 Å². The van der Waals surface area contributed by atoms with E-state index < -0.39 is 6.09 Å². The summed E-state index contributed by atoms with van der Waals surface area (Å²) in [6.45, 7) is 2.22. The molecule has 0 bridgehead atoms. The van der Waals surface area contributed by atoms with E-state index in [9.17, 15) is 9.59 Å². The van der Waals surface area contributed by atoms with Gasteiger partial charge in [-0.3, -0.25) is 4.79 Å². The molecule has 22 heavy (non-hydrogen) atoms. The zero-order chi connectivity index (χ0) is 15.8. The van der Waals surface area contributed by atoms with E-state index in [2.05, 4.69) is 5.32 Å². The van der Waals surface area contributed by atoms with Crippen LogP contribution in [0.3, 0.4) is 0 Å². The van der Waals surface area contributed by atoms with Crippen molar-refractivity contribution < 1.29 is 14.3 Å². The van der Waals surface area contributed by atoms with Gasteiger partial charge in [0.05, 0.1) is 6.54 Å². The number of rotatable bonds is 5. The highest BCUT2D eigenvalue weighted by Crippen LogP contribution is 2.15. The monoisotopic (exact) mass is 305 g/mol. The van der Waals surface area contributed by atoms with Crippen LogP contribution in [-0.4, -0.2) is 43.1 Å². The van der Waals surface area contributed by atoms with E-state index in [-0.39, 0.29) is 25.0 Å². The van der Waals surface area contributed by atoms with E-state index >= 15 is 0 Å². The van der Waals surface area contributed by atoms with Crippen molar-refractivity contribution >= 4 is 12.0 Å². The first-order valence-corrected chi connectivity index (χ1v) is 7.61. The lowest BCUT2D eigenvalue weighted by atomic mass is 9.98. The molecule has 0 saturated carbocycles. The minimum absolute atomic E-state index is 0.0312. The van der Waals surface area contributed by atoms with Crippen LogP contribution in [0, 0.1) is 5.92 Å². The zero-order valence-corrected chi connectivity index (χ0v) is 12.7. The molecule has 3 N–H and O–H groups in total. The Bertz CT molecular complexity index is 493. The normalized spacial score (nSPS) is 17.9. The van der Waals surface area contributed by atoms with Crippen molar-refractivity contribution in [3.63, 3.8) is 0 Å². The SMILES string of the molecule is NCC(=O)N1CCCC(CNC(=O)OCc2ccccc2)C1. The van der Waals surface area contributed by atoms with Gasteiger partial charge in [-0.25, -0.2) is 4.79 Å². The molecule has 1 saturated heterocycles. The molecule has 0 aromatic heterocycles. The second-order valence-electron chi connectivity index (χ2n) is 5.49. The number of benzene rings is 1. The number of carbonyl (C=O) groups excluding carboxylic acids is 2. The number of piperidine rings is 1. The molecule has 2 amide bonds. The highest BCUT2D eigenvalue weighted by Gasteiger charge is 2.23. The number of nitrogens with one attached hydrogen (secondary N) is 1. The van der Waals surface area contributed by atoms with Crippen molar-refractivity contribution in [1.29, 1.82) is 0 Å². The van der Waals surface area contributed by atoms with Crippen molar-refractivity contribution in [3.8, 4) is 0 Å². The summed E-state index contributed by atoms with van der Waals surface area (Å²) in [5, 5.41) is 2.77. The largest absolute Gasteiger partial charge is 0.445 e. The predicted octanol–water partition coefficient (Wildman–Crippen LogP) is 1.11. The summed E-state index contributed by atoms with van der Waals surface area (Å²) in [5.41, 5.74) is 6.34. The Hall–Kier alpha value is -2.08. The van der Waals surface area contributed by atoms with Gasteiger partial charge in [0.15, 0.2) is 0 Å². The lowest BCUT2D eigenvalue weighted by molar-refractivity contribution is -0.131. The molecule has 1 atom stereocenters. The smallest absolute Gasteiger partial charge is 0.407 e. The molecule has 1 unspecified atom stereocenters. The fourth-order valence-electron chi connectivity index (χ4n) is 2.59. The molecule has 0 spiro atoms. The minimum atomic E-state index is -0.425. The fraction of sp³-hybridized carbons (Fsp3) is 0.500. The maximum atomic E-state index is 11.7. The van der Waals surface area contributed by atoms with Gasteiger partial charge < -0.3 is 20.7 Å². The van der Waals surface area contributed by atoms with E-state index in [1.165, 1.54) is 0 Å². The standard InChI is InChI=1S/C16H23N3O3/c17-9-15(20)19-8-4-7-14(11-19)10-18-16(21)22-12-13-5-2-1-3-6-13/h1-3,5-6,14H,4,7-12,17H2,(H,18,21). The molecule has 1 heterocycles. The van der Waals surface area contributed by atoms with Gasteiger partial charge in [0, 0.05) is 19.6 Å². The number of likely N-dealkylation sites (tertiary alicyclic amines) is 1. The predicted molar refractivity (Wildman–Crippen MR) is 83.0 cm³/mol. The van der Waals surface area contributed by atoms with Crippen LogP contribution in [0.15, 0.2) is 30.3 Å². The Morgan fingerprint density at radius 2 is 2.09 bits per heavy atom. The van der Waals surface area contributed by atoms with Crippen LogP contribution >= 0.6 is 0 Å². The van der Waals surface area contributed by atoms with Crippen molar-refractivity contribution in [3.05, 3.63) is 35.9 Å². The average molecular weight is 305 g/mol. The second-order valence-corrected chi connectivity index (χ2v) is 5.49. The van der Waals surface area contributed by atoms with Gasteiger partial charge in [0.25, 0.3) is 0 Å². The molecule has 1 fully saturated rings. The summed E-state index contributed by atoms with van der Waals surface area (Å²) >= 11 is 0. The Kier molecular flexibility index (Phi) is 6.21. The highest BCUT2D eigenvalue weighted by molar-refractivity contribution is 5.78. The molecule has 1 aromatic rings. The van der Waals surface area contributed by atoms with Crippen LogP contribution in [0.4, 0.5) is 4.79 Å². The molecule has 120 valence electrons. The molecule has 1 aliphatic heterocycles. The Labute approximate surface area is 130 Å². The van der Waals surface area contributed by atoms with E-state index in [4.69, 9.17) is 10.5 Å². The van der Waals surface area contributed by atoms with Gasteiger partial charge in [-0.05, 0) is 24.3 Å². The number of alkyl carbamates (subject to hydrolysis) is 1. The summed E-state index contributed by atoms with van der Waals surface area (Å²) in [4.78, 5) is 25.1. The van der Waals surface area contributed by atoms with Crippen molar-refractivity contribution in [2.45, 2.75) is 19.4 Å². The average Bonchev–Trinajstić information content (AvgIpc) is 2.58.